The quantitative estimate of drug-likeness (QED) is 0.589. The molecule has 0 aromatic rings. The monoisotopic (exact) mass is 179 g/mol. The van der Waals surface area contributed by atoms with Gasteiger partial charge in [-0.3, -0.25) is 4.90 Å². The standard InChI is InChI=1S/C12H21N/c1-3-7-12(8-4-1)11-13-9-5-2-6-10-13/h7H,1-6,8-11H2. The highest BCUT2D eigenvalue weighted by Gasteiger charge is 2.12. The van der Waals surface area contributed by atoms with Crippen LogP contribution in [0, 0.1) is 0 Å². The third kappa shape index (κ3) is 2.84. The van der Waals surface area contributed by atoms with E-state index in [0.29, 0.717) is 0 Å². The Morgan fingerprint density at radius 1 is 1.00 bits per heavy atom. The zero-order valence-electron chi connectivity index (χ0n) is 8.60. The van der Waals surface area contributed by atoms with E-state index >= 15 is 0 Å². The molecule has 74 valence electrons. The molecule has 0 radical (unpaired) electrons. The van der Waals surface area contributed by atoms with Gasteiger partial charge in [-0.05, 0) is 51.6 Å². The molecule has 1 aliphatic heterocycles. The maximum absolute atomic E-state index is 2.64. The molecule has 0 aromatic heterocycles. The van der Waals surface area contributed by atoms with Gasteiger partial charge in [0, 0.05) is 6.54 Å². The SMILES string of the molecule is C1=C(CN2CCCCC2)CCCC1. The Hall–Kier alpha value is -0.300. The van der Waals surface area contributed by atoms with Crippen molar-refractivity contribution in [3.63, 3.8) is 0 Å². The molecule has 0 saturated carbocycles. The second-order valence-corrected chi connectivity index (χ2v) is 4.44. The molecule has 0 spiro atoms. The van der Waals surface area contributed by atoms with E-state index in [9.17, 15) is 0 Å². The first kappa shape index (κ1) is 9.26. The molecule has 1 heterocycles. The van der Waals surface area contributed by atoms with E-state index in [0.717, 1.165) is 0 Å². The molecule has 2 rings (SSSR count). The number of allylic oxidation sites excluding steroid dienone is 1. The molecule has 2 aliphatic rings. The summed E-state index contributed by atoms with van der Waals surface area (Å²) in [4.78, 5) is 2.64. The molecular formula is C12H21N. The molecule has 0 aromatic carbocycles. The molecule has 13 heavy (non-hydrogen) atoms. The predicted octanol–water partition coefficient (Wildman–Crippen LogP) is 2.97. The van der Waals surface area contributed by atoms with Crippen LogP contribution in [0.1, 0.15) is 44.9 Å². The lowest BCUT2D eigenvalue weighted by molar-refractivity contribution is 0.243. The van der Waals surface area contributed by atoms with Crippen molar-refractivity contribution in [1.29, 1.82) is 0 Å². The second-order valence-electron chi connectivity index (χ2n) is 4.44. The zero-order valence-corrected chi connectivity index (χ0v) is 8.60. The van der Waals surface area contributed by atoms with Gasteiger partial charge in [-0.25, -0.2) is 0 Å². The highest BCUT2D eigenvalue weighted by molar-refractivity contribution is 5.07. The maximum Gasteiger partial charge on any atom is 0.0192 e. The lowest BCUT2D eigenvalue weighted by Gasteiger charge is -2.28. The van der Waals surface area contributed by atoms with Crippen LogP contribution in [0.15, 0.2) is 11.6 Å². The van der Waals surface area contributed by atoms with Gasteiger partial charge < -0.3 is 0 Å². The van der Waals surface area contributed by atoms with E-state index < -0.39 is 0 Å². The Morgan fingerprint density at radius 2 is 1.85 bits per heavy atom. The van der Waals surface area contributed by atoms with Gasteiger partial charge in [0.15, 0.2) is 0 Å². The van der Waals surface area contributed by atoms with E-state index in [-0.39, 0.29) is 0 Å². The van der Waals surface area contributed by atoms with Crippen LogP contribution in [-0.2, 0) is 0 Å². The van der Waals surface area contributed by atoms with Gasteiger partial charge in [-0.1, -0.05) is 18.1 Å². The third-order valence-corrected chi connectivity index (χ3v) is 3.26. The summed E-state index contributed by atoms with van der Waals surface area (Å²) >= 11 is 0. The summed E-state index contributed by atoms with van der Waals surface area (Å²) in [5.41, 5.74) is 1.72. The molecule has 1 heteroatoms. The minimum absolute atomic E-state index is 1.28. The first-order chi connectivity index (χ1) is 6.45. The van der Waals surface area contributed by atoms with Crippen LogP contribution in [0.2, 0.25) is 0 Å². The first-order valence-corrected chi connectivity index (χ1v) is 5.85. The number of nitrogens with zero attached hydrogens (tertiary/aromatic N) is 1. The van der Waals surface area contributed by atoms with Crippen molar-refractivity contribution in [2.24, 2.45) is 0 Å². The summed E-state index contributed by atoms with van der Waals surface area (Å²) in [7, 11) is 0. The van der Waals surface area contributed by atoms with Gasteiger partial charge in [0.1, 0.15) is 0 Å². The fourth-order valence-corrected chi connectivity index (χ4v) is 2.45. The van der Waals surface area contributed by atoms with Crippen molar-refractivity contribution in [2.75, 3.05) is 19.6 Å². The van der Waals surface area contributed by atoms with Crippen LogP contribution in [0.25, 0.3) is 0 Å². The van der Waals surface area contributed by atoms with Crippen LogP contribution < -0.4 is 0 Å². The van der Waals surface area contributed by atoms with Crippen LogP contribution >= 0.6 is 0 Å². The van der Waals surface area contributed by atoms with Crippen molar-refractivity contribution in [3.05, 3.63) is 11.6 Å². The van der Waals surface area contributed by atoms with Gasteiger partial charge in [0.2, 0.25) is 0 Å². The van der Waals surface area contributed by atoms with Gasteiger partial charge in [0.25, 0.3) is 0 Å². The van der Waals surface area contributed by atoms with Gasteiger partial charge in [-0.2, -0.15) is 0 Å². The number of likely N-dealkylation sites (tertiary alicyclic amines) is 1. The highest BCUT2D eigenvalue weighted by Crippen LogP contribution is 2.19. The highest BCUT2D eigenvalue weighted by atomic mass is 15.1. The van der Waals surface area contributed by atoms with Crippen LogP contribution in [0.4, 0.5) is 0 Å². The average Bonchev–Trinajstić information content (AvgIpc) is 2.21. The van der Waals surface area contributed by atoms with E-state index in [1.54, 1.807) is 5.57 Å². The Kier molecular flexibility index (Phi) is 3.42. The van der Waals surface area contributed by atoms with Crippen LogP contribution in [0.5, 0.6) is 0 Å². The van der Waals surface area contributed by atoms with Crippen molar-refractivity contribution < 1.29 is 0 Å². The third-order valence-electron chi connectivity index (χ3n) is 3.26. The molecule has 0 bridgehead atoms. The predicted molar refractivity (Wildman–Crippen MR) is 56.8 cm³/mol. The zero-order chi connectivity index (χ0) is 8.93. The molecule has 0 unspecified atom stereocenters. The van der Waals surface area contributed by atoms with Crippen LogP contribution in [-0.4, -0.2) is 24.5 Å². The summed E-state index contributed by atoms with van der Waals surface area (Å²) in [6, 6.07) is 0. The van der Waals surface area contributed by atoms with Crippen molar-refractivity contribution in [3.8, 4) is 0 Å². The van der Waals surface area contributed by atoms with E-state index in [1.165, 1.54) is 64.6 Å². The molecular weight excluding hydrogens is 158 g/mol. The normalized spacial score (nSPS) is 25.7. The van der Waals surface area contributed by atoms with E-state index in [2.05, 4.69) is 11.0 Å². The molecule has 1 aliphatic carbocycles. The largest absolute Gasteiger partial charge is 0.299 e. The topological polar surface area (TPSA) is 3.24 Å². The molecule has 1 saturated heterocycles. The lowest BCUT2D eigenvalue weighted by Crippen LogP contribution is -2.31. The van der Waals surface area contributed by atoms with Crippen molar-refractivity contribution in [2.45, 2.75) is 44.9 Å². The smallest absolute Gasteiger partial charge is 0.0192 e. The van der Waals surface area contributed by atoms with Crippen molar-refractivity contribution in [1.82, 2.24) is 4.90 Å². The Balaban J connectivity index is 1.78. The summed E-state index contributed by atoms with van der Waals surface area (Å²) < 4.78 is 0. The molecule has 0 atom stereocenters. The number of hydrogen-bond acceptors (Lipinski definition) is 1. The summed E-state index contributed by atoms with van der Waals surface area (Å²) in [6.45, 7) is 3.97. The number of rotatable bonds is 2. The van der Waals surface area contributed by atoms with Gasteiger partial charge >= 0.3 is 0 Å². The Bertz CT molecular complexity index is 178. The van der Waals surface area contributed by atoms with Crippen molar-refractivity contribution >= 4 is 0 Å². The first-order valence-electron chi connectivity index (χ1n) is 5.85. The maximum atomic E-state index is 2.64. The van der Waals surface area contributed by atoms with Crippen LogP contribution in [0.3, 0.4) is 0 Å². The van der Waals surface area contributed by atoms with E-state index in [1.807, 2.05) is 0 Å². The summed E-state index contributed by atoms with van der Waals surface area (Å²) in [5, 5.41) is 0. The Labute approximate surface area is 81.8 Å². The lowest BCUT2D eigenvalue weighted by atomic mass is 9.98. The molecule has 1 nitrogen and oxygen atoms in total. The molecule has 1 fully saturated rings. The number of piperidine rings is 1. The minimum atomic E-state index is 1.28. The molecule has 0 N–H and O–H groups in total. The van der Waals surface area contributed by atoms with Gasteiger partial charge in [0.05, 0.1) is 0 Å². The molecule has 0 amide bonds. The fraction of sp³-hybridized carbons (Fsp3) is 0.833. The second kappa shape index (κ2) is 4.80. The summed E-state index contributed by atoms with van der Waals surface area (Å²) in [6.07, 6.45) is 12.3. The average molecular weight is 179 g/mol. The minimum Gasteiger partial charge on any atom is -0.299 e. The summed E-state index contributed by atoms with van der Waals surface area (Å²) in [5.74, 6) is 0. The Morgan fingerprint density at radius 3 is 2.54 bits per heavy atom. The fourth-order valence-electron chi connectivity index (χ4n) is 2.45. The number of hydrogen-bond donors (Lipinski definition) is 0. The van der Waals surface area contributed by atoms with E-state index in [4.69, 9.17) is 0 Å². The van der Waals surface area contributed by atoms with Gasteiger partial charge in [-0.15, -0.1) is 0 Å².